The minimum Gasteiger partial charge on any atom is -0.452 e. The van der Waals surface area contributed by atoms with Crippen molar-refractivity contribution in [2.45, 2.75) is 18.9 Å². The molecular formula is C19H19N5OS. The molecule has 5 heterocycles. The highest BCUT2D eigenvalue weighted by Gasteiger charge is 2.19. The van der Waals surface area contributed by atoms with E-state index in [4.69, 9.17) is 10.2 Å². The average Bonchev–Trinajstić information content (AvgIpc) is 3.42. The molecule has 5 rings (SSSR count). The van der Waals surface area contributed by atoms with Gasteiger partial charge in [-0.2, -0.15) is 16.4 Å². The van der Waals surface area contributed by atoms with E-state index in [2.05, 4.69) is 31.7 Å². The first-order chi connectivity index (χ1) is 12.8. The number of nitrogen functional groups attached to an aromatic ring is 1. The van der Waals surface area contributed by atoms with Crippen molar-refractivity contribution in [2.24, 2.45) is 0 Å². The first-order valence-electron chi connectivity index (χ1n) is 8.75. The van der Waals surface area contributed by atoms with Crippen molar-refractivity contribution in [1.29, 1.82) is 0 Å². The first-order valence-corrected chi connectivity index (χ1v) is 9.70. The van der Waals surface area contributed by atoms with Crippen LogP contribution in [-0.4, -0.2) is 27.9 Å². The Morgan fingerprint density at radius 1 is 1.23 bits per heavy atom. The molecule has 0 saturated carbocycles. The molecule has 0 bridgehead atoms. The third-order valence-electron chi connectivity index (χ3n) is 4.99. The molecule has 6 nitrogen and oxygen atoms in total. The summed E-state index contributed by atoms with van der Waals surface area (Å²) >= 11 is 1.64. The molecule has 0 radical (unpaired) electrons. The van der Waals surface area contributed by atoms with Crippen molar-refractivity contribution in [1.82, 2.24) is 20.1 Å². The number of nitrogens with zero attached hydrogens (tertiary/aromatic N) is 3. The van der Waals surface area contributed by atoms with Crippen LogP contribution >= 0.6 is 11.3 Å². The van der Waals surface area contributed by atoms with E-state index in [9.17, 15) is 0 Å². The van der Waals surface area contributed by atoms with Gasteiger partial charge in [-0.05, 0) is 43.4 Å². The maximum atomic E-state index is 6.06. The molecule has 1 aliphatic heterocycles. The van der Waals surface area contributed by atoms with E-state index in [0.29, 0.717) is 17.4 Å². The van der Waals surface area contributed by atoms with Crippen molar-refractivity contribution in [3.8, 4) is 22.5 Å². The molecule has 0 spiro atoms. The van der Waals surface area contributed by atoms with Crippen LogP contribution in [0.2, 0.25) is 0 Å². The zero-order valence-corrected chi connectivity index (χ0v) is 15.0. The van der Waals surface area contributed by atoms with Crippen LogP contribution in [0.1, 0.15) is 18.9 Å². The second-order valence-corrected chi connectivity index (χ2v) is 7.39. The SMILES string of the molecule is Nc1ncc(-c2cnn(C3CCNCC3)c2)c2cc(-c3ccsc3)oc12. The van der Waals surface area contributed by atoms with Crippen LogP contribution in [0.3, 0.4) is 0 Å². The maximum absolute atomic E-state index is 6.06. The van der Waals surface area contributed by atoms with Crippen molar-refractivity contribution in [3.63, 3.8) is 0 Å². The number of aromatic nitrogens is 3. The number of pyridine rings is 1. The molecule has 7 heteroatoms. The van der Waals surface area contributed by atoms with Crippen LogP contribution in [-0.2, 0) is 0 Å². The molecule has 0 aromatic carbocycles. The molecule has 0 amide bonds. The zero-order chi connectivity index (χ0) is 17.5. The minimum absolute atomic E-state index is 0.413. The number of fused-ring (bicyclic) bond motifs is 1. The number of rotatable bonds is 3. The van der Waals surface area contributed by atoms with E-state index in [0.717, 1.165) is 53.8 Å². The van der Waals surface area contributed by atoms with E-state index in [1.54, 1.807) is 11.3 Å². The van der Waals surface area contributed by atoms with E-state index in [1.807, 2.05) is 29.9 Å². The Morgan fingerprint density at radius 2 is 2.12 bits per heavy atom. The summed E-state index contributed by atoms with van der Waals surface area (Å²) in [6.07, 6.45) is 8.04. The lowest BCUT2D eigenvalue weighted by atomic mass is 10.1. The summed E-state index contributed by atoms with van der Waals surface area (Å²) in [5, 5.41) is 13.1. The number of furan rings is 1. The highest BCUT2D eigenvalue weighted by Crippen LogP contribution is 2.37. The number of piperidine rings is 1. The third kappa shape index (κ3) is 2.60. The van der Waals surface area contributed by atoms with Crippen LogP contribution in [0.15, 0.2) is 45.9 Å². The fourth-order valence-electron chi connectivity index (χ4n) is 3.57. The van der Waals surface area contributed by atoms with Crippen LogP contribution in [0.25, 0.3) is 33.4 Å². The van der Waals surface area contributed by atoms with Gasteiger partial charge < -0.3 is 15.5 Å². The molecule has 26 heavy (non-hydrogen) atoms. The fourth-order valence-corrected chi connectivity index (χ4v) is 4.21. The second-order valence-electron chi connectivity index (χ2n) is 6.61. The fraction of sp³-hybridized carbons (Fsp3) is 0.263. The largest absolute Gasteiger partial charge is 0.452 e. The number of nitrogens with one attached hydrogen (secondary N) is 1. The lowest BCUT2D eigenvalue weighted by Crippen LogP contribution is -2.29. The molecular weight excluding hydrogens is 346 g/mol. The van der Waals surface area contributed by atoms with Crippen LogP contribution in [0.5, 0.6) is 0 Å². The summed E-state index contributed by atoms with van der Waals surface area (Å²) in [4.78, 5) is 4.34. The predicted octanol–water partition coefficient (Wildman–Crippen LogP) is 3.93. The number of nitrogens with two attached hydrogens (primary N) is 1. The van der Waals surface area contributed by atoms with Crippen molar-refractivity contribution in [3.05, 3.63) is 41.5 Å². The van der Waals surface area contributed by atoms with Crippen molar-refractivity contribution in [2.75, 3.05) is 18.8 Å². The van der Waals surface area contributed by atoms with E-state index in [-0.39, 0.29) is 0 Å². The van der Waals surface area contributed by atoms with Gasteiger partial charge in [-0.1, -0.05) is 0 Å². The standard InChI is InChI=1S/C19H19N5OS/c20-19-18-15(7-17(25-18)12-3-6-26-11-12)16(9-22-19)13-8-23-24(10-13)14-1-4-21-5-2-14/h3,6-11,14,21H,1-2,4-5H2,(H2,20,22). The summed E-state index contributed by atoms with van der Waals surface area (Å²) in [6, 6.07) is 4.54. The van der Waals surface area contributed by atoms with Gasteiger partial charge in [0.25, 0.3) is 0 Å². The molecule has 1 aliphatic rings. The topological polar surface area (TPSA) is 81.9 Å². The zero-order valence-electron chi connectivity index (χ0n) is 14.2. The Balaban J connectivity index is 1.58. The molecule has 132 valence electrons. The van der Waals surface area contributed by atoms with Crippen LogP contribution in [0, 0.1) is 0 Å². The highest BCUT2D eigenvalue weighted by molar-refractivity contribution is 7.08. The molecule has 4 aromatic heterocycles. The maximum Gasteiger partial charge on any atom is 0.177 e. The van der Waals surface area contributed by atoms with Crippen LogP contribution < -0.4 is 11.1 Å². The number of hydrogen-bond donors (Lipinski definition) is 2. The lowest BCUT2D eigenvalue weighted by molar-refractivity contribution is 0.343. The Morgan fingerprint density at radius 3 is 2.92 bits per heavy atom. The summed E-state index contributed by atoms with van der Waals surface area (Å²) in [5.74, 6) is 1.23. The summed E-state index contributed by atoms with van der Waals surface area (Å²) in [7, 11) is 0. The van der Waals surface area contributed by atoms with Gasteiger partial charge in [0.1, 0.15) is 5.76 Å². The summed E-state index contributed by atoms with van der Waals surface area (Å²) in [6.45, 7) is 2.08. The van der Waals surface area contributed by atoms with Gasteiger partial charge in [0, 0.05) is 39.9 Å². The van der Waals surface area contributed by atoms with Crippen LogP contribution in [0.4, 0.5) is 5.82 Å². The second kappa shape index (κ2) is 6.26. The normalized spacial score (nSPS) is 15.7. The Hall–Kier alpha value is -2.64. The predicted molar refractivity (Wildman–Crippen MR) is 104 cm³/mol. The monoisotopic (exact) mass is 365 g/mol. The van der Waals surface area contributed by atoms with Gasteiger partial charge in [-0.15, -0.1) is 0 Å². The van der Waals surface area contributed by atoms with E-state index >= 15 is 0 Å². The Bertz CT molecular complexity index is 1040. The summed E-state index contributed by atoms with van der Waals surface area (Å²) < 4.78 is 8.09. The van der Waals surface area contributed by atoms with Crippen molar-refractivity contribution < 1.29 is 4.42 Å². The van der Waals surface area contributed by atoms with Gasteiger partial charge in [-0.25, -0.2) is 4.98 Å². The highest BCUT2D eigenvalue weighted by atomic mass is 32.1. The average molecular weight is 365 g/mol. The van der Waals surface area contributed by atoms with Gasteiger partial charge >= 0.3 is 0 Å². The third-order valence-corrected chi connectivity index (χ3v) is 5.67. The number of hydrogen-bond acceptors (Lipinski definition) is 6. The summed E-state index contributed by atoms with van der Waals surface area (Å²) in [5.41, 5.74) is 9.80. The molecule has 3 N–H and O–H groups in total. The first kappa shape index (κ1) is 15.6. The quantitative estimate of drug-likeness (QED) is 0.575. The van der Waals surface area contributed by atoms with E-state index in [1.165, 1.54) is 0 Å². The Labute approximate surface area is 154 Å². The molecule has 0 unspecified atom stereocenters. The molecule has 0 atom stereocenters. The molecule has 1 saturated heterocycles. The molecule has 0 aliphatic carbocycles. The van der Waals surface area contributed by atoms with E-state index < -0.39 is 0 Å². The Kier molecular flexibility index (Phi) is 3.76. The molecule has 1 fully saturated rings. The number of anilines is 1. The molecule has 4 aromatic rings. The van der Waals surface area contributed by atoms with Gasteiger partial charge in [0.2, 0.25) is 0 Å². The van der Waals surface area contributed by atoms with Gasteiger partial charge in [-0.3, -0.25) is 4.68 Å². The smallest absolute Gasteiger partial charge is 0.177 e. The number of thiophene rings is 1. The minimum atomic E-state index is 0.413. The lowest BCUT2D eigenvalue weighted by Gasteiger charge is -2.22. The van der Waals surface area contributed by atoms with Crippen molar-refractivity contribution >= 4 is 28.1 Å². The van der Waals surface area contributed by atoms with Gasteiger partial charge in [0.15, 0.2) is 11.4 Å². The van der Waals surface area contributed by atoms with Gasteiger partial charge in [0.05, 0.1) is 12.2 Å².